The van der Waals surface area contributed by atoms with Gasteiger partial charge in [-0.3, -0.25) is 9.59 Å². The number of carbonyl (C=O) groups excluding carboxylic acids is 2. The molecule has 2 amide bonds. The molecule has 2 aromatic heterocycles. The third-order valence-corrected chi connectivity index (χ3v) is 5.60. The van der Waals surface area contributed by atoms with Gasteiger partial charge in [-0.2, -0.15) is 0 Å². The molecule has 2 heterocycles. The summed E-state index contributed by atoms with van der Waals surface area (Å²) in [7, 11) is 3.58. The third-order valence-electron chi connectivity index (χ3n) is 4.74. The number of hydrogen-bond donors (Lipinski definition) is 0. The van der Waals surface area contributed by atoms with Gasteiger partial charge in [0.05, 0.1) is 18.0 Å². The molecular weight excluding hydrogens is 362 g/mol. The Morgan fingerprint density at radius 1 is 1.30 bits per heavy atom. The van der Waals surface area contributed by atoms with Gasteiger partial charge in [-0.05, 0) is 36.9 Å². The van der Waals surface area contributed by atoms with Crippen molar-refractivity contribution in [1.29, 1.82) is 0 Å². The molecular formula is C20H29N3O3S. The van der Waals surface area contributed by atoms with Gasteiger partial charge in [0.25, 0.3) is 5.91 Å². The summed E-state index contributed by atoms with van der Waals surface area (Å²) in [5, 5.41) is 1.88. The van der Waals surface area contributed by atoms with Gasteiger partial charge in [-0.15, -0.1) is 11.3 Å². The van der Waals surface area contributed by atoms with E-state index < -0.39 is 0 Å². The van der Waals surface area contributed by atoms with E-state index in [1.165, 1.54) is 11.3 Å². The van der Waals surface area contributed by atoms with Crippen LogP contribution in [-0.2, 0) is 23.1 Å². The number of carbonyl (C=O) groups is 2. The van der Waals surface area contributed by atoms with Gasteiger partial charge in [0.1, 0.15) is 6.54 Å². The Morgan fingerprint density at radius 2 is 2.07 bits per heavy atom. The molecule has 1 unspecified atom stereocenters. The maximum Gasteiger partial charge on any atom is 0.264 e. The highest BCUT2D eigenvalue weighted by Gasteiger charge is 2.26. The van der Waals surface area contributed by atoms with Crippen LogP contribution in [0.3, 0.4) is 0 Å². The molecule has 148 valence electrons. The third kappa shape index (κ3) is 5.68. The summed E-state index contributed by atoms with van der Waals surface area (Å²) in [5.41, 5.74) is 1.04. The van der Waals surface area contributed by atoms with Crippen molar-refractivity contribution in [1.82, 2.24) is 14.4 Å². The summed E-state index contributed by atoms with van der Waals surface area (Å²) in [6.07, 6.45) is 2.75. The van der Waals surface area contributed by atoms with Crippen molar-refractivity contribution in [3.05, 3.63) is 46.4 Å². The maximum absolute atomic E-state index is 13.1. The Labute approximate surface area is 165 Å². The molecule has 0 saturated carbocycles. The molecule has 2 aromatic rings. The Kier molecular flexibility index (Phi) is 8.06. The average Bonchev–Trinajstić information content (AvgIpc) is 3.34. The van der Waals surface area contributed by atoms with E-state index in [0.717, 1.165) is 12.1 Å². The number of nitrogens with zero attached hydrogens (tertiary/aromatic N) is 3. The predicted molar refractivity (Wildman–Crippen MR) is 108 cm³/mol. The highest BCUT2D eigenvalue weighted by Crippen LogP contribution is 2.16. The highest BCUT2D eigenvalue weighted by atomic mass is 32.1. The lowest BCUT2D eigenvalue weighted by Crippen LogP contribution is -2.47. The summed E-state index contributed by atoms with van der Waals surface area (Å²) in [6, 6.07) is 7.60. The van der Waals surface area contributed by atoms with E-state index >= 15 is 0 Å². The minimum absolute atomic E-state index is 0.0112. The molecule has 6 nitrogen and oxygen atoms in total. The van der Waals surface area contributed by atoms with Crippen molar-refractivity contribution < 1.29 is 14.3 Å². The largest absolute Gasteiger partial charge is 0.383 e. The number of aryl methyl sites for hydroxylation is 1. The molecule has 0 aliphatic rings. The standard InChI is InChI=1S/C20H29N3O3S/c1-5-16(2)23(20(25)18-9-7-13-27-18)15-19(24)22(11-12-26-4)14-17-8-6-10-21(17)3/h6-10,13,16H,5,11-12,14-15H2,1-4H3. The molecule has 1 atom stereocenters. The number of hydrogen-bond acceptors (Lipinski definition) is 4. The molecule has 0 spiro atoms. The second kappa shape index (κ2) is 10.3. The number of ether oxygens (including phenoxy) is 1. The minimum atomic E-state index is -0.0849. The van der Waals surface area contributed by atoms with Crippen LogP contribution >= 0.6 is 11.3 Å². The summed E-state index contributed by atoms with van der Waals surface area (Å²) >= 11 is 1.40. The topological polar surface area (TPSA) is 54.8 Å². The zero-order valence-electron chi connectivity index (χ0n) is 16.6. The lowest BCUT2D eigenvalue weighted by atomic mass is 10.2. The van der Waals surface area contributed by atoms with Crippen LogP contribution in [0.5, 0.6) is 0 Å². The Morgan fingerprint density at radius 3 is 2.63 bits per heavy atom. The van der Waals surface area contributed by atoms with Crippen LogP contribution in [-0.4, -0.2) is 59.0 Å². The van der Waals surface area contributed by atoms with Gasteiger partial charge in [-0.1, -0.05) is 13.0 Å². The lowest BCUT2D eigenvalue weighted by Gasteiger charge is -2.31. The fourth-order valence-electron chi connectivity index (χ4n) is 2.79. The number of amides is 2. The average molecular weight is 392 g/mol. The van der Waals surface area contributed by atoms with Crippen LogP contribution in [0.2, 0.25) is 0 Å². The van der Waals surface area contributed by atoms with Gasteiger partial charge in [-0.25, -0.2) is 0 Å². The normalized spacial score (nSPS) is 12.0. The number of thiophene rings is 1. The number of rotatable bonds is 10. The van der Waals surface area contributed by atoms with Crippen molar-refractivity contribution in [3.8, 4) is 0 Å². The molecule has 0 aliphatic heterocycles. The first-order valence-electron chi connectivity index (χ1n) is 9.19. The lowest BCUT2D eigenvalue weighted by molar-refractivity contribution is -0.133. The molecule has 0 aromatic carbocycles. The van der Waals surface area contributed by atoms with E-state index in [1.54, 1.807) is 23.0 Å². The maximum atomic E-state index is 13.1. The summed E-state index contributed by atoms with van der Waals surface area (Å²) in [5.74, 6) is -0.156. The van der Waals surface area contributed by atoms with Crippen molar-refractivity contribution >= 4 is 23.2 Å². The van der Waals surface area contributed by atoms with Crippen molar-refractivity contribution in [2.24, 2.45) is 7.05 Å². The smallest absolute Gasteiger partial charge is 0.264 e. The molecule has 0 fully saturated rings. The van der Waals surface area contributed by atoms with Gasteiger partial charge in [0, 0.05) is 38.6 Å². The second-order valence-corrected chi connectivity index (χ2v) is 7.53. The monoisotopic (exact) mass is 391 g/mol. The van der Waals surface area contributed by atoms with Crippen molar-refractivity contribution in [2.45, 2.75) is 32.9 Å². The van der Waals surface area contributed by atoms with Crippen molar-refractivity contribution in [2.75, 3.05) is 26.8 Å². The number of aromatic nitrogens is 1. The summed E-state index contributed by atoms with van der Waals surface area (Å²) < 4.78 is 7.17. The van der Waals surface area contributed by atoms with Crippen LogP contribution in [0, 0.1) is 0 Å². The van der Waals surface area contributed by atoms with Crippen LogP contribution in [0.4, 0.5) is 0 Å². The van der Waals surface area contributed by atoms with E-state index in [0.29, 0.717) is 24.6 Å². The van der Waals surface area contributed by atoms with E-state index in [2.05, 4.69) is 0 Å². The Hall–Kier alpha value is -2.12. The highest BCUT2D eigenvalue weighted by molar-refractivity contribution is 7.12. The minimum Gasteiger partial charge on any atom is -0.383 e. The molecule has 0 saturated heterocycles. The molecule has 0 bridgehead atoms. The van der Waals surface area contributed by atoms with Gasteiger partial charge >= 0.3 is 0 Å². The van der Waals surface area contributed by atoms with Gasteiger partial charge in [0.15, 0.2) is 0 Å². The molecule has 0 N–H and O–H groups in total. The van der Waals surface area contributed by atoms with Crippen LogP contribution < -0.4 is 0 Å². The quantitative estimate of drug-likeness (QED) is 0.626. The van der Waals surface area contributed by atoms with E-state index in [1.807, 2.05) is 55.2 Å². The zero-order valence-corrected chi connectivity index (χ0v) is 17.4. The summed E-state index contributed by atoms with van der Waals surface area (Å²) in [4.78, 5) is 30.0. The molecule has 0 radical (unpaired) electrons. The predicted octanol–water partition coefficient (Wildman–Crippen LogP) is 3.00. The first-order chi connectivity index (χ1) is 13.0. The van der Waals surface area contributed by atoms with Gasteiger partial charge in [0.2, 0.25) is 5.91 Å². The fraction of sp³-hybridized carbons (Fsp3) is 0.500. The van der Waals surface area contributed by atoms with E-state index in [4.69, 9.17) is 4.74 Å². The molecule has 7 heteroatoms. The first kappa shape index (κ1) is 21.2. The fourth-order valence-corrected chi connectivity index (χ4v) is 3.46. The van der Waals surface area contributed by atoms with Crippen LogP contribution in [0.15, 0.2) is 35.8 Å². The van der Waals surface area contributed by atoms with Crippen molar-refractivity contribution in [3.63, 3.8) is 0 Å². The molecule has 2 rings (SSSR count). The van der Waals surface area contributed by atoms with Crippen LogP contribution in [0.25, 0.3) is 0 Å². The Balaban J connectivity index is 2.15. The van der Waals surface area contributed by atoms with E-state index in [9.17, 15) is 9.59 Å². The van der Waals surface area contributed by atoms with E-state index in [-0.39, 0.29) is 24.4 Å². The SMILES string of the molecule is CCC(C)N(CC(=O)N(CCOC)Cc1cccn1C)C(=O)c1cccs1. The summed E-state index contributed by atoms with van der Waals surface area (Å²) in [6.45, 7) is 5.51. The molecule has 0 aliphatic carbocycles. The number of methoxy groups -OCH3 is 1. The Bertz CT molecular complexity index is 727. The first-order valence-corrected chi connectivity index (χ1v) is 10.1. The van der Waals surface area contributed by atoms with Crippen LogP contribution in [0.1, 0.15) is 35.6 Å². The zero-order chi connectivity index (χ0) is 19.8. The van der Waals surface area contributed by atoms with Gasteiger partial charge < -0.3 is 19.1 Å². The molecule has 27 heavy (non-hydrogen) atoms. The second-order valence-electron chi connectivity index (χ2n) is 6.59.